The van der Waals surface area contributed by atoms with Gasteiger partial charge in [0.1, 0.15) is 11.6 Å². The Morgan fingerprint density at radius 2 is 2.29 bits per heavy atom. The minimum atomic E-state index is -0.407. The zero-order chi connectivity index (χ0) is 14.7. The summed E-state index contributed by atoms with van der Waals surface area (Å²) in [7, 11) is 0. The molecule has 0 bridgehead atoms. The Kier molecular flexibility index (Phi) is 6.11. The quantitative estimate of drug-likeness (QED) is 0.729. The lowest BCUT2D eigenvalue weighted by atomic mass is 10.1. The van der Waals surface area contributed by atoms with Crippen molar-refractivity contribution in [2.75, 3.05) is 31.9 Å². The summed E-state index contributed by atoms with van der Waals surface area (Å²) in [5, 5.41) is 12.7. The first kappa shape index (κ1) is 17.4. The number of hydrogen-bond acceptors (Lipinski definition) is 5. The van der Waals surface area contributed by atoms with Gasteiger partial charge in [-0.3, -0.25) is 9.79 Å². The summed E-state index contributed by atoms with van der Waals surface area (Å²) < 4.78 is 0. The number of aromatic hydroxyl groups is 1. The van der Waals surface area contributed by atoms with Crippen molar-refractivity contribution in [3.05, 3.63) is 22.7 Å². The molecule has 4 N–H and O–H groups in total. The summed E-state index contributed by atoms with van der Waals surface area (Å²) in [5.74, 6) is 0.252. The van der Waals surface area contributed by atoms with Gasteiger partial charge in [0.05, 0.1) is 29.4 Å². The van der Waals surface area contributed by atoms with Crippen molar-refractivity contribution in [1.82, 2.24) is 10.2 Å². The smallest absolute Gasteiger partial charge is 0.255 e. The van der Waals surface area contributed by atoms with E-state index in [9.17, 15) is 9.90 Å². The fourth-order valence-corrected chi connectivity index (χ4v) is 2.22. The summed E-state index contributed by atoms with van der Waals surface area (Å²) in [5.41, 5.74) is 5.89. The summed E-state index contributed by atoms with van der Waals surface area (Å²) in [6.07, 6.45) is 0. The van der Waals surface area contributed by atoms with Crippen LogP contribution in [0.25, 0.3) is 0 Å². The maximum Gasteiger partial charge on any atom is 0.255 e. The molecular formula is C13H18Cl2N4O2. The van der Waals surface area contributed by atoms with E-state index in [1.165, 1.54) is 12.1 Å². The number of amides is 1. The number of aliphatic imine (C=N–C) groups is 1. The topological polar surface area (TPSA) is 91.0 Å². The third-order valence-corrected chi connectivity index (χ3v) is 3.51. The number of nitrogens with one attached hydrogen (secondary N) is 1. The molecule has 1 amide bonds. The molecule has 0 aromatic heterocycles. The number of nitrogens with zero attached hydrogens (tertiary/aromatic N) is 2. The molecule has 1 aliphatic rings. The van der Waals surface area contributed by atoms with Crippen LogP contribution in [0.4, 0.5) is 5.69 Å². The van der Waals surface area contributed by atoms with Crippen LogP contribution in [0.1, 0.15) is 17.3 Å². The lowest BCUT2D eigenvalue weighted by molar-refractivity contribution is 0.0956. The van der Waals surface area contributed by atoms with Crippen LogP contribution in [-0.2, 0) is 0 Å². The number of halogens is 2. The number of carbonyl (C=O) groups excluding carboxylic acids is 1. The molecule has 21 heavy (non-hydrogen) atoms. The number of phenols is 1. The Morgan fingerprint density at radius 1 is 1.57 bits per heavy atom. The van der Waals surface area contributed by atoms with Crippen LogP contribution >= 0.6 is 24.0 Å². The van der Waals surface area contributed by atoms with E-state index in [-0.39, 0.29) is 34.4 Å². The molecule has 2 rings (SSSR count). The van der Waals surface area contributed by atoms with Crippen molar-refractivity contribution >= 4 is 41.4 Å². The van der Waals surface area contributed by atoms with Gasteiger partial charge in [0.15, 0.2) is 0 Å². The highest BCUT2D eigenvalue weighted by atomic mass is 35.5. The van der Waals surface area contributed by atoms with Crippen LogP contribution in [-0.4, -0.2) is 47.9 Å². The highest BCUT2D eigenvalue weighted by molar-refractivity contribution is 6.33. The van der Waals surface area contributed by atoms with Gasteiger partial charge in [-0.05, 0) is 13.0 Å². The van der Waals surface area contributed by atoms with Gasteiger partial charge in [-0.15, -0.1) is 12.4 Å². The van der Waals surface area contributed by atoms with Gasteiger partial charge in [0.2, 0.25) is 0 Å². The molecule has 0 saturated carbocycles. The second-order valence-electron chi connectivity index (χ2n) is 4.45. The first-order chi connectivity index (χ1) is 9.52. The lowest BCUT2D eigenvalue weighted by Gasteiger charge is -2.18. The zero-order valence-corrected chi connectivity index (χ0v) is 13.2. The van der Waals surface area contributed by atoms with E-state index in [0.717, 1.165) is 25.5 Å². The van der Waals surface area contributed by atoms with Gasteiger partial charge < -0.3 is 21.1 Å². The standard InChI is InChI=1S/C13H17ClN4O2.ClH/c1-2-18-4-3-16-12(18)7-17-13(20)8-5-9(14)10(15)6-11(8)19;/h5-6,19H,2-4,7,15H2,1H3,(H,17,20);1H. The second kappa shape index (κ2) is 7.38. The average Bonchev–Trinajstić information content (AvgIpc) is 2.87. The number of nitrogen functional groups attached to an aromatic ring is 1. The Morgan fingerprint density at radius 3 is 2.95 bits per heavy atom. The molecule has 0 aliphatic carbocycles. The Bertz CT molecular complexity index is 563. The third kappa shape index (κ3) is 3.92. The Labute approximate surface area is 134 Å². The number of likely N-dealkylation sites (N-methyl/N-ethyl adjacent to an activating group) is 1. The first-order valence-electron chi connectivity index (χ1n) is 6.37. The SMILES string of the molecule is CCN1CCN=C1CNC(=O)c1cc(Cl)c(N)cc1O.Cl. The number of anilines is 1. The van der Waals surface area contributed by atoms with Crippen molar-refractivity contribution in [3.63, 3.8) is 0 Å². The van der Waals surface area contributed by atoms with E-state index in [1.54, 1.807) is 0 Å². The predicted molar refractivity (Wildman–Crippen MR) is 86.7 cm³/mol. The largest absolute Gasteiger partial charge is 0.507 e. The molecule has 0 radical (unpaired) electrons. The summed E-state index contributed by atoms with van der Waals surface area (Å²) in [6.45, 7) is 4.84. The van der Waals surface area contributed by atoms with Gasteiger partial charge in [-0.2, -0.15) is 0 Å². The highest BCUT2D eigenvalue weighted by Gasteiger charge is 2.18. The Balaban J connectivity index is 0.00000220. The van der Waals surface area contributed by atoms with E-state index in [2.05, 4.69) is 15.2 Å². The number of carbonyl (C=O) groups is 1. The summed E-state index contributed by atoms with van der Waals surface area (Å²) in [4.78, 5) is 18.5. The van der Waals surface area contributed by atoms with Crippen molar-refractivity contribution in [1.29, 1.82) is 0 Å². The van der Waals surface area contributed by atoms with Crippen LogP contribution in [0.5, 0.6) is 5.75 Å². The highest BCUT2D eigenvalue weighted by Crippen LogP contribution is 2.27. The fourth-order valence-electron chi connectivity index (χ4n) is 2.05. The van der Waals surface area contributed by atoms with Crippen LogP contribution in [0.3, 0.4) is 0 Å². The number of hydrogen-bond donors (Lipinski definition) is 3. The number of rotatable bonds is 4. The maximum atomic E-state index is 12.0. The molecule has 0 spiro atoms. The number of nitrogens with two attached hydrogens (primary N) is 1. The lowest BCUT2D eigenvalue weighted by Crippen LogP contribution is -2.37. The van der Waals surface area contributed by atoms with Gasteiger partial charge in [-0.1, -0.05) is 11.6 Å². The Hall–Kier alpha value is -1.66. The predicted octanol–water partition coefficient (Wildman–Crippen LogP) is 1.51. The van der Waals surface area contributed by atoms with Crippen LogP contribution < -0.4 is 11.1 Å². The molecule has 6 nitrogen and oxygen atoms in total. The van der Waals surface area contributed by atoms with Crippen molar-refractivity contribution in [2.45, 2.75) is 6.92 Å². The molecule has 0 fully saturated rings. The normalized spacial score (nSPS) is 13.6. The molecule has 8 heteroatoms. The molecule has 116 valence electrons. The zero-order valence-electron chi connectivity index (χ0n) is 11.6. The fraction of sp³-hybridized carbons (Fsp3) is 0.385. The van der Waals surface area contributed by atoms with Crippen molar-refractivity contribution in [3.8, 4) is 5.75 Å². The van der Waals surface area contributed by atoms with Gasteiger partial charge in [0.25, 0.3) is 5.91 Å². The van der Waals surface area contributed by atoms with Gasteiger partial charge in [-0.25, -0.2) is 0 Å². The van der Waals surface area contributed by atoms with Crippen LogP contribution in [0, 0.1) is 0 Å². The molecule has 1 heterocycles. The van der Waals surface area contributed by atoms with E-state index in [0.29, 0.717) is 6.54 Å². The number of amidine groups is 1. The van der Waals surface area contributed by atoms with E-state index >= 15 is 0 Å². The van der Waals surface area contributed by atoms with Crippen LogP contribution in [0.15, 0.2) is 17.1 Å². The van der Waals surface area contributed by atoms with E-state index < -0.39 is 5.91 Å². The molecule has 0 saturated heterocycles. The van der Waals surface area contributed by atoms with Crippen molar-refractivity contribution < 1.29 is 9.90 Å². The average molecular weight is 333 g/mol. The minimum absolute atomic E-state index is 0. The second-order valence-corrected chi connectivity index (χ2v) is 4.86. The summed E-state index contributed by atoms with van der Waals surface area (Å²) in [6, 6.07) is 2.62. The van der Waals surface area contributed by atoms with Crippen LogP contribution in [0.2, 0.25) is 5.02 Å². The first-order valence-corrected chi connectivity index (χ1v) is 6.75. The summed E-state index contributed by atoms with van der Waals surface area (Å²) >= 11 is 5.85. The molecule has 0 unspecified atom stereocenters. The maximum absolute atomic E-state index is 12.0. The molecule has 0 atom stereocenters. The molecule has 1 aromatic rings. The monoisotopic (exact) mass is 332 g/mol. The van der Waals surface area contributed by atoms with E-state index in [4.69, 9.17) is 17.3 Å². The number of benzene rings is 1. The molecule has 1 aromatic carbocycles. The molecular weight excluding hydrogens is 315 g/mol. The number of phenolic OH excluding ortho intramolecular Hbond substituents is 1. The van der Waals surface area contributed by atoms with E-state index in [1.807, 2.05) is 6.92 Å². The van der Waals surface area contributed by atoms with Gasteiger partial charge >= 0.3 is 0 Å². The third-order valence-electron chi connectivity index (χ3n) is 3.18. The van der Waals surface area contributed by atoms with Crippen molar-refractivity contribution in [2.24, 2.45) is 4.99 Å². The minimum Gasteiger partial charge on any atom is -0.507 e. The van der Waals surface area contributed by atoms with Gasteiger partial charge in [0, 0.05) is 19.2 Å². The molecule has 1 aliphatic heterocycles.